The Kier molecular flexibility index (Phi) is 9.06. The number of aliphatic hydroxyl groups excluding tert-OH is 6. The summed E-state index contributed by atoms with van der Waals surface area (Å²) in [7, 11) is 0. The molecular weight excluding hydrogens is 512 g/mol. The van der Waals surface area contributed by atoms with Gasteiger partial charge in [-0.15, -0.1) is 0 Å². The fraction of sp³-hybridized carbons (Fsp3) is 1.00. The van der Waals surface area contributed by atoms with E-state index in [1.807, 2.05) is 0 Å². The maximum Gasteiger partial charge on any atom is 0.186 e. The predicted molar refractivity (Wildman–Crippen MR) is 150 cm³/mol. The molecule has 4 saturated carbocycles. The van der Waals surface area contributed by atoms with Crippen LogP contribution in [0.25, 0.3) is 0 Å². The van der Waals surface area contributed by atoms with Crippen molar-refractivity contribution in [2.45, 2.75) is 141 Å². The van der Waals surface area contributed by atoms with E-state index in [4.69, 9.17) is 9.47 Å². The van der Waals surface area contributed by atoms with E-state index >= 15 is 0 Å². The van der Waals surface area contributed by atoms with Crippen LogP contribution in [0.4, 0.5) is 0 Å². The van der Waals surface area contributed by atoms with E-state index in [0.29, 0.717) is 30.1 Å². The third-order valence-electron chi connectivity index (χ3n) is 12.8. The minimum atomic E-state index is -1.29. The Morgan fingerprint density at radius 2 is 1.48 bits per heavy atom. The molecule has 0 spiro atoms. The van der Waals surface area contributed by atoms with Crippen molar-refractivity contribution in [3.8, 4) is 0 Å². The zero-order chi connectivity index (χ0) is 29.1. The quantitative estimate of drug-likeness (QED) is 0.276. The highest BCUT2D eigenvalue weighted by Gasteiger charge is 2.64. The van der Waals surface area contributed by atoms with E-state index in [0.717, 1.165) is 51.4 Å². The Labute approximate surface area is 240 Å². The first-order valence-corrected chi connectivity index (χ1v) is 16.1. The Morgan fingerprint density at radius 1 is 0.775 bits per heavy atom. The lowest BCUT2D eigenvalue weighted by Crippen LogP contribution is -2.59. The van der Waals surface area contributed by atoms with Crippen LogP contribution >= 0.6 is 0 Å². The van der Waals surface area contributed by atoms with Crippen molar-refractivity contribution in [2.75, 3.05) is 6.61 Å². The van der Waals surface area contributed by atoms with Crippen LogP contribution in [0, 0.1) is 52.3 Å². The van der Waals surface area contributed by atoms with Crippen LogP contribution < -0.4 is 0 Å². The summed E-state index contributed by atoms with van der Waals surface area (Å²) >= 11 is 0. The molecule has 0 amide bonds. The van der Waals surface area contributed by atoms with Gasteiger partial charge in [0.1, 0.15) is 18.3 Å². The van der Waals surface area contributed by atoms with Crippen LogP contribution in [0.15, 0.2) is 0 Å². The van der Waals surface area contributed by atoms with Crippen LogP contribution in [0.3, 0.4) is 0 Å². The van der Waals surface area contributed by atoms with Gasteiger partial charge in [-0.3, -0.25) is 0 Å². The first-order valence-electron chi connectivity index (χ1n) is 16.1. The van der Waals surface area contributed by atoms with E-state index in [1.165, 1.54) is 0 Å². The minimum Gasteiger partial charge on any atom is -0.393 e. The van der Waals surface area contributed by atoms with Gasteiger partial charge in [0, 0.05) is 0 Å². The molecule has 4 aliphatic carbocycles. The monoisotopic (exact) mass is 568 g/mol. The highest BCUT2D eigenvalue weighted by atomic mass is 16.7. The van der Waals surface area contributed by atoms with Crippen LogP contribution in [0.5, 0.6) is 0 Å². The van der Waals surface area contributed by atoms with Crippen molar-refractivity contribution in [2.24, 2.45) is 52.3 Å². The zero-order valence-electron chi connectivity index (χ0n) is 25.2. The van der Waals surface area contributed by atoms with E-state index in [1.54, 1.807) is 0 Å². The molecule has 5 aliphatic rings. The molecule has 16 atom stereocenters. The van der Waals surface area contributed by atoms with Crippen molar-refractivity contribution in [1.82, 2.24) is 0 Å². The lowest BCUT2D eigenvalue weighted by molar-refractivity contribution is -0.286. The highest BCUT2D eigenvalue weighted by Crippen LogP contribution is 2.68. The van der Waals surface area contributed by atoms with E-state index in [-0.39, 0.29) is 53.5 Å². The first-order chi connectivity index (χ1) is 18.8. The molecule has 0 radical (unpaired) electrons. The molecule has 232 valence electrons. The fourth-order valence-electron chi connectivity index (χ4n) is 10.5. The molecule has 1 heterocycles. The summed E-state index contributed by atoms with van der Waals surface area (Å²) in [5.41, 5.74) is 0.0533. The highest BCUT2D eigenvalue weighted by molar-refractivity contribution is 5.13. The molecule has 1 aliphatic heterocycles. The minimum absolute atomic E-state index is 0.0220. The second-order valence-corrected chi connectivity index (χ2v) is 15.3. The van der Waals surface area contributed by atoms with Crippen molar-refractivity contribution in [3.05, 3.63) is 0 Å². The van der Waals surface area contributed by atoms with Crippen molar-refractivity contribution >= 4 is 0 Å². The van der Waals surface area contributed by atoms with E-state index in [2.05, 4.69) is 34.6 Å². The molecule has 5 fully saturated rings. The van der Waals surface area contributed by atoms with Crippen LogP contribution in [-0.2, 0) is 9.47 Å². The van der Waals surface area contributed by atoms with Gasteiger partial charge in [-0.1, -0.05) is 34.6 Å². The number of aliphatic hydroxyl groups is 6. The maximum atomic E-state index is 11.6. The molecule has 8 nitrogen and oxygen atoms in total. The lowest BCUT2D eigenvalue weighted by Gasteiger charge is -2.62. The Balaban J connectivity index is 1.26. The summed E-state index contributed by atoms with van der Waals surface area (Å²) < 4.78 is 11.7. The molecule has 6 N–H and O–H groups in total. The largest absolute Gasteiger partial charge is 0.393 e. The second kappa shape index (κ2) is 11.6. The Hall–Kier alpha value is -0.320. The summed E-state index contributed by atoms with van der Waals surface area (Å²) in [6, 6.07) is 0. The average Bonchev–Trinajstić information content (AvgIpc) is 3.17. The molecule has 40 heavy (non-hydrogen) atoms. The SMILES string of the molecule is CC(C)[C@H](CC[C@@H](C)[C@H]1C[C@@H](O)[C@H]2[C@@H]3C[C@H](O)[C@H]4C[C@@H](O)CC[C@]4(C)[C@H]3CC[C@@]21C)O[C@@H]1OC[C@@H](O)[C@@H](O)[C@H]1O. The summed E-state index contributed by atoms with van der Waals surface area (Å²) in [6.07, 6.45) is 2.05. The predicted octanol–water partition coefficient (Wildman–Crippen LogP) is 2.84. The smallest absolute Gasteiger partial charge is 0.186 e. The van der Waals surface area contributed by atoms with Gasteiger partial charge < -0.3 is 40.1 Å². The number of fused-ring (bicyclic) bond motifs is 5. The normalized spacial score (nSPS) is 52.5. The van der Waals surface area contributed by atoms with Gasteiger partial charge in [-0.2, -0.15) is 0 Å². The number of hydrogen-bond donors (Lipinski definition) is 6. The van der Waals surface area contributed by atoms with Crippen LogP contribution in [0.1, 0.15) is 92.4 Å². The van der Waals surface area contributed by atoms with Crippen molar-refractivity contribution in [1.29, 1.82) is 0 Å². The third kappa shape index (κ3) is 5.31. The molecule has 0 aromatic carbocycles. The van der Waals surface area contributed by atoms with Crippen LogP contribution in [0.2, 0.25) is 0 Å². The molecule has 1 saturated heterocycles. The second-order valence-electron chi connectivity index (χ2n) is 15.3. The van der Waals surface area contributed by atoms with Crippen molar-refractivity contribution in [3.63, 3.8) is 0 Å². The lowest BCUT2D eigenvalue weighted by atomic mass is 9.43. The average molecular weight is 569 g/mol. The van der Waals surface area contributed by atoms with Gasteiger partial charge in [0.15, 0.2) is 6.29 Å². The van der Waals surface area contributed by atoms with E-state index in [9.17, 15) is 30.6 Å². The number of hydrogen-bond acceptors (Lipinski definition) is 8. The van der Waals surface area contributed by atoms with Gasteiger partial charge in [-0.05, 0) is 110 Å². The molecule has 0 unspecified atom stereocenters. The third-order valence-corrected chi connectivity index (χ3v) is 12.8. The fourth-order valence-corrected chi connectivity index (χ4v) is 10.5. The molecule has 0 aromatic rings. The summed E-state index contributed by atoms with van der Waals surface area (Å²) in [4.78, 5) is 0. The Morgan fingerprint density at radius 3 is 2.17 bits per heavy atom. The van der Waals surface area contributed by atoms with Gasteiger partial charge in [0.2, 0.25) is 0 Å². The molecule has 0 aromatic heterocycles. The van der Waals surface area contributed by atoms with E-state index < -0.39 is 30.7 Å². The number of rotatable bonds is 7. The Bertz CT molecular complexity index is 870. The van der Waals surface area contributed by atoms with Gasteiger partial charge in [0.05, 0.1) is 31.0 Å². The topological polar surface area (TPSA) is 140 Å². The summed E-state index contributed by atoms with van der Waals surface area (Å²) in [5.74, 6) is 2.09. The molecule has 8 heteroatoms. The van der Waals surface area contributed by atoms with Crippen LogP contribution in [-0.4, -0.2) is 86.3 Å². The van der Waals surface area contributed by atoms with Gasteiger partial charge in [0.25, 0.3) is 0 Å². The summed E-state index contributed by atoms with van der Waals surface area (Å²) in [6.45, 7) is 11.1. The maximum absolute atomic E-state index is 11.6. The molecular formula is C32H56O8. The summed E-state index contributed by atoms with van der Waals surface area (Å²) in [5, 5.41) is 63.5. The molecule has 0 bridgehead atoms. The first kappa shape index (κ1) is 31.1. The molecule has 5 rings (SSSR count). The van der Waals surface area contributed by atoms with Crippen molar-refractivity contribution < 1.29 is 40.1 Å². The van der Waals surface area contributed by atoms with Gasteiger partial charge >= 0.3 is 0 Å². The van der Waals surface area contributed by atoms with Gasteiger partial charge in [-0.25, -0.2) is 0 Å². The standard InChI is InChI=1S/C32H56O8/c1-16(2)26(40-30-29(38)28(37)25(36)15-39-30)7-6-17(3)21-14-24(35)27-19-13-23(34)22-12-18(33)8-10-31(22,4)20(19)9-11-32(21,27)5/h16-30,33-38H,6-15H2,1-5H3/t17-,18+,19-,20+,21-,22-,23+,24-,25-,26+,27-,28-,29-,30+,31-,32-/m1/s1. The zero-order valence-corrected chi connectivity index (χ0v) is 25.2. The number of ether oxygens (including phenoxy) is 2.